The number of likely N-dealkylation sites (tertiary alicyclic amines) is 1. The number of thiazole rings is 1. The number of aliphatic imine (C=N–C) groups is 1. The zero-order valence-corrected chi connectivity index (χ0v) is 20.7. The molecule has 8 nitrogen and oxygen atoms in total. The van der Waals surface area contributed by atoms with Crippen molar-refractivity contribution >= 4 is 52.3 Å². The number of hydrogen-bond donors (Lipinski definition) is 2. The molecule has 0 bridgehead atoms. The molecule has 28 heavy (non-hydrogen) atoms. The third kappa shape index (κ3) is 8.08. The van der Waals surface area contributed by atoms with Gasteiger partial charge in [-0.15, -0.1) is 35.3 Å². The maximum absolute atomic E-state index is 11.9. The van der Waals surface area contributed by atoms with Crippen LogP contribution in [0.1, 0.15) is 25.5 Å². The van der Waals surface area contributed by atoms with E-state index in [-0.39, 0.29) is 29.9 Å². The van der Waals surface area contributed by atoms with E-state index in [4.69, 9.17) is 0 Å². The van der Waals surface area contributed by atoms with Crippen molar-refractivity contribution in [2.45, 2.75) is 32.4 Å². The minimum absolute atomic E-state index is 0. The second-order valence-corrected chi connectivity index (χ2v) is 8.03. The summed E-state index contributed by atoms with van der Waals surface area (Å²) in [6, 6.07) is 0.376. The van der Waals surface area contributed by atoms with Crippen LogP contribution in [-0.4, -0.2) is 87.1 Å². The van der Waals surface area contributed by atoms with Gasteiger partial charge >= 0.3 is 0 Å². The van der Waals surface area contributed by atoms with E-state index in [2.05, 4.69) is 37.8 Å². The van der Waals surface area contributed by atoms with Gasteiger partial charge in [-0.25, -0.2) is 9.98 Å². The van der Waals surface area contributed by atoms with Crippen LogP contribution >= 0.6 is 35.3 Å². The van der Waals surface area contributed by atoms with Gasteiger partial charge in [0.05, 0.1) is 18.8 Å². The molecule has 1 amide bonds. The van der Waals surface area contributed by atoms with Crippen LogP contribution < -0.4 is 15.5 Å². The Morgan fingerprint density at radius 3 is 2.54 bits per heavy atom. The summed E-state index contributed by atoms with van der Waals surface area (Å²) in [5, 5.41) is 9.91. The Labute approximate surface area is 189 Å². The van der Waals surface area contributed by atoms with Crippen LogP contribution in [-0.2, 0) is 11.3 Å². The fraction of sp³-hybridized carbons (Fsp3) is 0.722. The summed E-state index contributed by atoms with van der Waals surface area (Å²) >= 11 is 1.63. The largest absolute Gasteiger partial charge is 0.357 e. The first-order valence-corrected chi connectivity index (χ1v) is 10.4. The van der Waals surface area contributed by atoms with Crippen molar-refractivity contribution in [3.8, 4) is 0 Å². The molecular formula is C18H34IN7OS. The number of rotatable bonds is 7. The van der Waals surface area contributed by atoms with Crippen LogP contribution in [0.3, 0.4) is 0 Å². The average Bonchev–Trinajstić information content (AvgIpc) is 3.11. The normalized spacial score (nSPS) is 15.7. The monoisotopic (exact) mass is 523 g/mol. The highest BCUT2D eigenvalue weighted by Crippen LogP contribution is 2.18. The number of aromatic nitrogens is 1. The van der Waals surface area contributed by atoms with Crippen LogP contribution in [0.4, 0.5) is 5.13 Å². The van der Waals surface area contributed by atoms with Crippen LogP contribution in [0.25, 0.3) is 0 Å². The smallest absolute Gasteiger partial charge is 0.236 e. The minimum Gasteiger partial charge on any atom is -0.357 e. The number of likely N-dealkylation sites (N-methyl/N-ethyl adjacent to an activating group) is 1. The summed E-state index contributed by atoms with van der Waals surface area (Å²) < 4.78 is 0. The zero-order valence-electron chi connectivity index (χ0n) is 17.6. The lowest BCUT2D eigenvalue weighted by Crippen LogP contribution is -2.50. The van der Waals surface area contributed by atoms with Crippen LogP contribution in [0.2, 0.25) is 0 Å². The molecule has 0 atom stereocenters. The third-order valence-corrected chi connectivity index (χ3v) is 5.51. The standard InChI is InChI=1S/C18H33N7OS.HI/c1-6-19-17(20-11-15-13-27-18(22-15)24(4)5)21-14-7-9-25(10-8-14)12-16(26)23(2)3;/h13-14H,6-12H2,1-5H3,(H2,19,20,21);1H. The molecule has 0 aromatic carbocycles. The molecule has 0 radical (unpaired) electrons. The van der Waals surface area contributed by atoms with E-state index in [1.807, 2.05) is 19.0 Å². The molecule has 1 aromatic rings. The van der Waals surface area contributed by atoms with Gasteiger partial charge in [-0.05, 0) is 19.8 Å². The number of piperidine rings is 1. The summed E-state index contributed by atoms with van der Waals surface area (Å²) in [6.45, 7) is 5.81. The van der Waals surface area contributed by atoms with E-state index in [0.717, 1.165) is 49.3 Å². The lowest BCUT2D eigenvalue weighted by Gasteiger charge is -2.33. The molecule has 1 aliphatic heterocycles. The number of anilines is 1. The SMILES string of the molecule is CCNC(=NCc1csc(N(C)C)n1)NC1CCN(CC(=O)N(C)C)CC1.I. The van der Waals surface area contributed by atoms with Crippen molar-refractivity contribution < 1.29 is 4.79 Å². The van der Waals surface area contributed by atoms with Gasteiger partial charge in [-0.1, -0.05) is 0 Å². The van der Waals surface area contributed by atoms with Gasteiger partial charge in [0.15, 0.2) is 11.1 Å². The second-order valence-electron chi connectivity index (χ2n) is 7.19. The molecule has 0 aliphatic carbocycles. The number of guanidine groups is 1. The Balaban J connectivity index is 0.00000392. The summed E-state index contributed by atoms with van der Waals surface area (Å²) in [6.07, 6.45) is 2.01. The first-order chi connectivity index (χ1) is 12.9. The Morgan fingerprint density at radius 1 is 1.32 bits per heavy atom. The lowest BCUT2D eigenvalue weighted by atomic mass is 10.1. The lowest BCUT2D eigenvalue weighted by molar-refractivity contribution is -0.130. The van der Waals surface area contributed by atoms with Gasteiger partial charge in [0, 0.05) is 59.2 Å². The molecular weight excluding hydrogens is 489 g/mol. The van der Waals surface area contributed by atoms with E-state index in [1.54, 1.807) is 30.3 Å². The first-order valence-electron chi connectivity index (χ1n) is 9.48. The summed E-state index contributed by atoms with van der Waals surface area (Å²) in [5.41, 5.74) is 0.984. The van der Waals surface area contributed by atoms with Crippen molar-refractivity contribution in [3.63, 3.8) is 0 Å². The van der Waals surface area contributed by atoms with E-state index in [0.29, 0.717) is 19.1 Å². The topological polar surface area (TPSA) is 76.1 Å². The number of carbonyl (C=O) groups is 1. The van der Waals surface area contributed by atoms with Gasteiger partial charge in [-0.3, -0.25) is 9.69 Å². The summed E-state index contributed by atoms with van der Waals surface area (Å²) in [5.74, 6) is 0.997. The average molecular weight is 523 g/mol. The Kier molecular flexibility index (Phi) is 11.1. The molecule has 1 fully saturated rings. The molecule has 160 valence electrons. The minimum atomic E-state index is 0. The number of nitrogens with one attached hydrogen (secondary N) is 2. The highest BCUT2D eigenvalue weighted by atomic mass is 127. The van der Waals surface area contributed by atoms with Crippen molar-refractivity contribution in [3.05, 3.63) is 11.1 Å². The summed E-state index contributed by atoms with van der Waals surface area (Å²) in [4.78, 5) is 27.0. The molecule has 2 rings (SSSR count). The predicted octanol–water partition coefficient (Wildman–Crippen LogP) is 1.43. The quantitative estimate of drug-likeness (QED) is 0.320. The van der Waals surface area contributed by atoms with E-state index in [9.17, 15) is 4.79 Å². The fourth-order valence-electron chi connectivity index (χ4n) is 2.82. The summed E-state index contributed by atoms with van der Waals surface area (Å²) in [7, 11) is 7.60. The molecule has 1 saturated heterocycles. The van der Waals surface area contributed by atoms with Crippen molar-refractivity contribution in [1.82, 2.24) is 25.4 Å². The maximum Gasteiger partial charge on any atom is 0.236 e. The Morgan fingerprint density at radius 2 is 2.00 bits per heavy atom. The predicted molar refractivity (Wildman–Crippen MR) is 128 cm³/mol. The van der Waals surface area contributed by atoms with Crippen molar-refractivity contribution in [2.24, 2.45) is 4.99 Å². The number of amides is 1. The van der Waals surface area contributed by atoms with Gasteiger partial charge in [-0.2, -0.15) is 0 Å². The first kappa shape index (κ1) is 24.9. The van der Waals surface area contributed by atoms with Crippen LogP contribution in [0.5, 0.6) is 0 Å². The highest BCUT2D eigenvalue weighted by Gasteiger charge is 2.22. The maximum atomic E-state index is 11.9. The van der Waals surface area contributed by atoms with Gasteiger partial charge < -0.3 is 20.4 Å². The number of hydrogen-bond acceptors (Lipinski definition) is 6. The molecule has 2 N–H and O–H groups in total. The van der Waals surface area contributed by atoms with Gasteiger partial charge in [0.25, 0.3) is 0 Å². The molecule has 10 heteroatoms. The van der Waals surface area contributed by atoms with Gasteiger partial charge in [0.1, 0.15) is 0 Å². The highest BCUT2D eigenvalue weighted by molar-refractivity contribution is 14.0. The zero-order chi connectivity index (χ0) is 19.8. The molecule has 0 unspecified atom stereocenters. The van der Waals surface area contributed by atoms with E-state index >= 15 is 0 Å². The van der Waals surface area contributed by atoms with E-state index in [1.165, 1.54) is 0 Å². The fourth-order valence-corrected chi connectivity index (χ4v) is 3.57. The Bertz CT molecular complexity index is 627. The Hall–Kier alpha value is -1.14. The molecule has 0 saturated carbocycles. The van der Waals surface area contributed by atoms with E-state index < -0.39 is 0 Å². The van der Waals surface area contributed by atoms with Crippen LogP contribution in [0.15, 0.2) is 10.4 Å². The number of carbonyl (C=O) groups excluding carboxylic acids is 1. The van der Waals surface area contributed by atoms with Gasteiger partial charge in [0.2, 0.25) is 5.91 Å². The molecule has 1 aliphatic rings. The van der Waals surface area contributed by atoms with Crippen LogP contribution in [0, 0.1) is 0 Å². The third-order valence-electron chi connectivity index (χ3n) is 4.45. The number of halogens is 1. The molecule has 2 heterocycles. The second kappa shape index (κ2) is 12.4. The van der Waals surface area contributed by atoms with Crippen molar-refractivity contribution in [2.75, 3.05) is 59.3 Å². The van der Waals surface area contributed by atoms with Crippen molar-refractivity contribution in [1.29, 1.82) is 0 Å². The number of nitrogens with zero attached hydrogens (tertiary/aromatic N) is 5. The molecule has 0 spiro atoms. The molecule has 1 aromatic heterocycles.